The Bertz CT molecular complexity index is 624. The van der Waals surface area contributed by atoms with Crippen molar-refractivity contribution in [3.05, 3.63) is 54.4 Å². The van der Waals surface area contributed by atoms with Crippen LogP contribution in [0.1, 0.15) is 5.69 Å². The van der Waals surface area contributed by atoms with Gasteiger partial charge in [-0.15, -0.1) is 0 Å². The Balaban J connectivity index is 2.13. The zero-order valence-electron chi connectivity index (χ0n) is 9.78. The Hall–Kier alpha value is -1.88. The smallest absolute Gasteiger partial charge is 0.178 e. The molecule has 1 heterocycles. The molecule has 18 heavy (non-hydrogen) atoms. The van der Waals surface area contributed by atoms with Gasteiger partial charge in [0.1, 0.15) is 0 Å². The summed E-state index contributed by atoms with van der Waals surface area (Å²) in [5, 5.41) is 0. The minimum absolute atomic E-state index is 0.0352. The van der Waals surface area contributed by atoms with Crippen molar-refractivity contribution in [2.24, 2.45) is 0 Å². The summed E-state index contributed by atoms with van der Waals surface area (Å²) in [7, 11) is -3.30. The van der Waals surface area contributed by atoms with Gasteiger partial charge in [-0.3, -0.25) is 4.98 Å². The van der Waals surface area contributed by atoms with E-state index in [1.807, 2.05) is 12.1 Å². The van der Waals surface area contributed by atoms with Crippen molar-refractivity contribution in [3.63, 3.8) is 0 Å². The molecule has 0 amide bonds. The van der Waals surface area contributed by atoms with Gasteiger partial charge in [0.05, 0.1) is 10.6 Å². The van der Waals surface area contributed by atoms with E-state index in [-0.39, 0.29) is 10.6 Å². The van der Waals surface area contributed by atoms with Crippen molar-refractivity contribution in [1.82, 2.24) is 4.98 Å². The first-order chi connectivity index (χ1) is 8.58. The lowest BCUT2D eigenvalue weighted by molar-refractivity contribution is 0.595. The second-order valence-electron chi connectivity index (χ2n) is 3.96. The first-order valence-electron chi connectivity index (χ1n) is 5.56. The summed E-state index contributed by atoms with van der Waals surface area (Å²) in [5.74, 6) is 0.0352. The Morgan fingerprint density at radius 2 is 1.94 bits per heavy atom. The third kappa shape index (κ3) is 3.07. The van der Waals surface area contributed by atoms with Gasteiger partial charge in [-0.2, -0.15) is 0 Å². The van der Waals surface area contributed by atoms with Crippen molar-refractivity contribution in [1.29, 1.82) is 0 Å². The average Bonchev–Trinajstić information content (AvgIpc) is 2.38. The number of nitrogen functional groups attached to an aromatic ring is 1. The number of nitrogens with two attached hydrogens (primary N) is 1. The number of hydrogen-bond acceptors (Lipinski definition) is 4. The number of nitrogens with zero attached hydrogens (tertiary/aromatic N) is 1. The number of anilines is 1. The minimum atomic E-state index is -3.30. The quantitative estimate of drug-likeness (QED) is 0.851. The van der Waals surface area contributed by atoms with Crippen LogP contribution in [0.25, 0.3) is 0 Å². The molecule has 0 spiro atoms. The second kappa shape index (κ2) is 5.18. The van der Waals surface area contributed by atoms with E-state index in [1.165, 1.54) is 6.07 Å². The van der Waals surface area contributed by atoms with E-state index in [9.17, 15) is 8.42 Å². The van der Waals surface area contributed by atoms with Crippen molar-refractivity contribution >= 4 is 15.5 Å². The topological polar surface area (TPSA) is 73.1 Å². The number of rotatable bonds is 4. The number of pyridine rings is 1. The molecule has 0 aliphatic heterocycles. The number of hydrogen-bond donors (Lipinski definition) is 1. The third-order valence-corrected chi connectivity index (χ3v) is 4.28. The summed E-state index contributed by atoms with van der Waals surface area (Å²) >= 11 is 0. The van der Waals surface area contributed by atoms with Crippen molar-refractivity contribution in [3.8, 4) is 0 Å². The highest BCUT2D eigenvalue weighted by molar-refractivity contribution is 7.91. The van der Waals surface area contributed by atoms with Gasteiger partial charge in [0.2, 0.25) is 0 Å². The first kappa shape index (κ1) is 12.6. The van der Waals surface area contributed by atoms with E-state index in [2.05, 4.69) is 4.98 Å². The minimum Gasteiger partial charge on any atom is -0.399 e. The second-order valence-corrected chi connectivity index (χ2v) is 6.07. The van der Waals surface area contributed by atoms with E-state index in [0.717, 1.165) is 5.69 Å². The summed E-state index contributed by atoms with van der Waals surface area (Å²) in [4.78, 5) is 4.37. The van der Waals surface area contributed by atoms with Crippen LogP contribution in [0.3, 0.4) is 0 Å². The fourth-order valence-electron chi connectivity index (χ4n) is 1.61. The largest absolute Gasteiger partial charge is 0.399 e. The molecule has 1 aromatic heterocycles. The van der Waals surface area contributed by atoms with Crippen LogP contribution in [0.4, 0.5) is 5.69 Å². The fraction of sp³-hybridized carbons (Fsp3) is 0.154. The number of benzene rings is 1. The standard InChI is InChI=1S/C13H14N2O2S/c14-11-4-3-6-13(10-11)18(16,17)9-7-12-5-1-2-8-15-12/h1-6,8,10H,7,9,14H2. The molecule has 0 atom stereocenters. The molecule has 4 nitrogen and oxygen atoms in total. The summed E-state index contributed by atoms with van der Waals surface area (Å²) in [6, 6.07) is 11.8. The van der Waals surface area contributed by atoms with Gasteiger partial charge in [0, 0.05) is 24.0 Å². The Morgan fingerprint density at radius 3 is 2.61 bits per heavy atom. The van der Waals surface area contributed by atoms with Gasteiger partial charge in [0.15, 0.2) is 9.84 Å². The van der Waals surface area contributed by atoms with Gasteiger partial charge < -0.3 is 5.73 Å². The Labute approximate surface area is 106 Å². The van der Waals surface area contributed by atoms with Gasteiger partial charge in [-0.05, 0) is 30.3 Å². The number of sulfone groups is 1. The van der Waals surface area contributed by atoms with Crippen molar-refractivity contribution in [2.75, 3.05) is 11.5 Å². The summed E-state index contributed by atoms with van der Waals surface area (Å²) in [6.45, 7) is 0. The Kier molecular flexibility index (Phi) is 3.62. The normalized spacial score (nSPS) is 11.3. The van der Waals surface area contributed by atoms with E-state index in [1.54, 1.807) is 30.5 Å². The van der Waals surface area contributed by atoms with E-state index >= 15 is 0 Å². The molecule has 0 saturated heterocycles. The van der Waals surface area contributed by atoms with Crippen LogP contribution in [0.15, 0.2) is 53.6 Å². The maximum absolute atomic E-state index is 12.1. The Morgan fingerprint density at radius 1 is 1.11 bits per heavy atom. The third-order valence-electron chi connectivity index (χ3n) is 2.57. The molecule has 2 aromatic rings. The monoisotopic (exact) mass is 262 g/mol. The average molecular weight is 262 g/mol. The number of aryl methyl sites for hydroxylation is 1. The van der Waals surface area contributed by atoms with Crippen LogP contribution in [-0.4, -0.2) is 19.2 Å². The molecule has 2 N–H and O–H groups in total. The maximum Gasteiger partial charge on any atom is 0.178 e. The van der Waals surface area contributed by atoms with Crippen LogP contribution in [0, 0.1) is 0 Å². The summed E-state index contributed by atoms with van der Waals surface area (Å²) in [6.07, 6.45) is 2.06. The molecule has 0 fully saturated rings. The molecule has 5 heteroatoms. The highest BCUT2D eigenvalue weighted by atomic mass is 32.2. The first-order valence-corrected chi connectivity index (χ1v) is 7.21. The molecule has 1 aromatic carbocycles. The summed E-state index contributed by atoms with van der Waals surface area (Å²) in [5.41, 5.74) is 6.81. The van der Waals surface area contributed by atoms with E-state index in [4.69, 9.17) is 5.73 Å². The lowest BCUT2D eigenvalue weighted by Gasteiger charge is -2.05. The lowest BCUT2D eigenvalue weighted by atomic mass is 10.3. The predicted octanol–water partition coefficient (Wildman–Crippen LogP) is 1.68. The van der Waals surface area contributed by atoms with Crippen molar-refractivity contribution in [2.45, 2.75) is 11.3 Å². The number of aromatic nitrogens is 1. The zero-order valence-corrected chi connectivity index (χ0v) is 10.6. The van der Waals surface area contributed by atoms with Gasteiger partial charge in [-0.1, -0.05) is 12.1 Å². The van der Waals surface area contributed by atoms with Crippen LogP contribution in [-0.2, 0) is 16.3 Å². The molecule has 0 bridgehead atoms. The molecule has 0 saturated carbocycles. The van der Waals surface area contributed by atoms with Gasteiger partial charge in [-0.25, -0.2) is 8.42 Å². The molecule has 0 unspecified atom stereocenters. The molecular formula is C13H14N2O2S. The van der Waals surface area contributed by atoms with E-state index < -0.39 is 9.84 Å². The van der Waals surface area contributed by atoms with Crippen LogP contribution in [0.5, 0.6) is 0 Å². The van der Waals surface area contributed by atoms with Gasteiger partial charge >= 0.3 is 0 Å². The molecule has 0 aliphatic carbocycles. The fourth-order valence-corrected chi connectivity index (χ4v) is 2.93. The SMILES string of the molecule is Nc1cccc(S(=O)(=O)CCc2ccccn2)c1. The van der Waals surface area contributed by atoms with Crippen molar-refractivity contribution < 1.29 is 8.42 Å². The maximum atomic E-state index is 12.1. The highest BCUT2D eigenvalue weighted by Gasteiger charge is 2.14. The molecule has 2 rings (SSSR count). The van der Waals surface area contributed by atoms with Gasteiger partial charge in [0.25, 0.3) is 0 Å². The van der Waals surface area contributed by atoms with Crippen LogP contribution < -0.4 is 5.73 Å². The molecule has 0 radical (unpaired) electrons. The molecule has 0 aliphatic rings. The van der Waals surface area contributed by atoms with Crippen LogP contribution in [0.2, 0.25) is 0 Å². The van der Waals surface area contributed by atoms with Crippen LogP contribution >= 0.6 is 0 Å². The highest BCUT2D eigenvalue weighted by Crippen LogP contribution is 2.15. The summed E-state index contributed by atoms with van der Waals surface area (Å²) < 4.78 is 24.1. The van der Waals surface area contributed by atoms with E-state index in [0.29, 0.717) is 12.1 Å². The predicted molar refractivity (Wildman–Crippen MR) is 70.8 cm³/mol. The lowest BCUT2D eigenvalue weighted by Crippen LogP contribution is -2.10. The zero-order chi connectivity index (χ0) is 13.0. The molecular weight excluding hydrogens is 248 g/mol. The molecule has 94 valence electrons.